The van der Waals surface area contributed by atoms with E-state index in [1.807, 2.05) is 11.8 Å². The maximum atomic E-state index is 11.9. The summed E-state index contributed by atoms with van der Waals surface area (Å²) in [5.74, 6) is -0.441. The topological polar surface area (TPSA) is 47.3 Å². The highest BCUT2D eigenvalue weighted by molar-refractivity contribution is 5.81. The van der Waals surface area contributed by atoms with Gasteiger partial charge in [-0.15, -0.1) is 0 Å². The lowest BCUT2D eigenvalue weighted by molar-refractivity contribution is -0.133. The molecule has 0 N–H and O–H groups in total. The lowest BCUT2D eigenvalue weighted by Gasteiger charge is -2.22. The van der Waals surface area contributed by atoms with Crippen molar-refractivity contribution in [1.29, 1.82) is 5.26 Å². The van der Waals surface area contributed by atoms with Gasteiger partial charge in [0.15, 0.2) is 0 Å². The normalized spacial score (nSPS) is 20.5. The van der Waals surface area contributed by atoms with Crippen LogP contribution in [0.2, 0.25) is 0 Å². The molecule has 1 rings (SSSR count). The number of amides is 1. The van der Waals surface area contributed by atoms with E-state index in [0.29, 0.717) is 6.42 Å². The first-order valence-electron chi connectivity index (χ1n) is 5.56. The van der Waals surface area contributed by atoms with Crippen molar-refractivity contribution in [2.45, 2.75) is 19.8 Å². The Morgan fingerprint density at radius 3 is 2.73 bits per heavy atom. The molecule has 0 aromatic heterocycles. The quantitative estimate of drug-likeness (QED) is 0.672. The van der Waals surface area contributed by atoms with Crippen molar-refractivity contribution in [3.05, 3.63) is 0 Å². The Labute approximate surface area is 91.5 Å². The van der Waals surface area contributed by atoms with Crippen LogP contribution in [0.25, 0.3) is 0 Å². The Morgan fingerprint density at radius 2 is 2.13 bits per heavy atom. The van der Waals surface area contributed by atoms with Crippen molar-refractivity contribution >= 4 is 5.91 Å². The summed E-state index contributed by atoms with van der Waals surface area (Å²) in [6, 6.07) is 2.08. The zero-order valence-corrected chi connectivity index (χ0v) is 9.57. The molecule has 0 spiro atoms. The minimum atomic E-state index is -0.451. The molecule has 1 heterocycles. The first kappa shape index (κ1) is 12.0. The van der Waals surface area contributed by atoms with Crippen molar-refractivity contribution in [2.24, 2.45) is 5.92 Å². The van der Waals surface area contributed by atoms with E-state index in [2.05, 4.69) is 18.0 Å². The van der Waals surface area contributed by atoms with Crippen molar-refractivity contribution < 1.29 is 4.79 Å². The summed E-state index contributed by atoms with van der Waals surface area (Å²) in [6.45, 7) is 5.38. The van der Waals surface area contributed by atoms with E-state index in [1.165, 1.54) is 0 Å². The molecular weight excluding hydrogens is 190 g/mol. The predicted molar refractivity (Wildman–Crippen MR) is 58.1 cm³/mol. The molecule has 4 nitrogen and oxygen atoms in total. The monoisotopic (exact) mass is 209 g/mol. The van der Waals surface area contributed by atoms with Crippen LogP contribution in [0.1, 0.15) is 19.8 Å². The van der Waals surface area contributed by atoms with Crippen molar-refractivity contribution in [3.8, 4) is 6.07 Å². The summed E-state index contributed by atoms with van der Waals surface area (Å²) < 4.78 is 0. The van der Waals surface area contributed by atoms with Gasteiger partial charge in [0.1, 0.15) is 5.92 Å². The van der Waals surface area contributed by atoms with Crippen LogP contribution in [0.3, 0.4) is 0 Å². The average Bonchev–Trinajstić information content (AvgIpc) is 2.44. The number of hydrogen-bond donors (Lipinski definition) is 0. The van der Waals surface area contributed by atoms with Gasteiger partial charge in [0.25, 0.3) is 0 Å². The second-order valence-electron chi connectivity index (χ2n) is 4.07. The second kappa shape index (κ2) is 5.72. The molecule has 4 heteroatoms. The molecule has 1 aliphatic rings. The van der Waals surface area contributed by atoms with Crippen LogP contribution >= 0.6 is 0 Å². The summed E-state index contributed by atoms with van der Waals surface area (Å²) in [5, 5.41) is 8.84. The first-order chi connectivity index (χ1) is 7.19. The second-order valence-corrected chi connectivity index (χ2v) is 4.07. The van der Waals surface area contributed by atoms with E-state index in [0.717, 1.165) is 32.6 Å². The highest BCUT2D eigenvalue weighted by Gasteiger charge is 2.23. The lowest BCUT2D eigenvalue weighted by Crippen LogP contribution is -2.38. The zero-order valence-electron chi connectivity index (χ0n) is 9.57. The van der Waals surface area contributed by atoms with E-state index < -0.39 is 5.92 Å². The molecule has 0 aromatic rings. The summed E-state index contributed by atoms with van der Waals surface area (Å²) >= 11 is 0. The number of carbonyl (C=O) groups excluding carboxylic acids is 1. The van der Waals surface area contributed by atoms with Crippen LogP contribution in [0.15, 0.2) is 0 Å². The van der Waals surface area contributed by atoms with Crippen LogP contribution < -0.4 is 0 Å². The molecular formula is C11H19N3O. The summed E-state index contributed by atoms with van der Waals surface area (Å²) in [4.78, 5) is 16.0. The van der Waals surface area contributed by atoms with E-state index in [9.17, 15) is 4.79 Å². The Bertz CT molecular complexity index is 259. The molecule has 1 amide bonds. The molecule has 1 saturated heterocycles. The molecule has 1 fully saturated rings. The third-order valence-electron chi connectivity index (χ3n) is 2.89. The third-order valence-corrected chi connectivity index (χ3v) is 2.89. The Hall–Kier alpha value is -1.08. The van der Waals surface area contributed by atoms with Gasteiger partial charge in [-0.2, -0.15) is 5.26 Å². The fourth-order valence-corrected chi connectivity index (χ4v) is 1.81. The standard InChI is InChI=1S/C11H19N3O/c1-3-10(9-12)11(15)14-6-4-5-13(2)7-8-14/h10H,3-8H2,1-2H3. The van der Waals surface area contributed by atoms with E-state index in [1.54, 1.807) is 0 Å². The van der Waals surface area contributed by atoms with Crippen LogP contribution in [0, 0.1) is 17.2 Å². The Balaban J connectivity index is 2.55. The molecule has 0 saturated carbocycles. The van der Waals surface area contributed by atoms with Gasteiger partial charge in [0.2, 0.25) is 5.91 Å². The zero-order chi connectivity index (χ0) is 11.3. The number of hydrogen-bond acceptors (Lipinski definition) is 3. The molecule has 0 radical (unpaired) electrons. The van der Waals surface area contributed by atoms with E-state index in [-0.39, 0.29) is 5.91 Å². The highest BCUT2D eigenvalue weighted by Crippen LogP contribution is 2.09. The van der Waals surface area contributed by atoms with Crippen molar-refractivity contribution in [1.82, 2.24) is 9.80 Å². The van der Waals surface area contributed by atoms with Gasteiger partial charge in [0.05, 0.1) is 6.07 Å². The van der Waals surface area contributed by atoms with E-state index in [4.69, 9.17) is 5.26 Å². The van der Waals surface area contributed by atoms with Gasteiger partial charge >= 0.3 is 0 Å². The highest BCUT2D eigenvalue weighted by atomic mass is 16.2. The molecule has 1 atom stereocenters. The van der Waals surface area contributed by atoms with Gasteiger partial charge in [0, 0.05) is 19.6 Å². The molecule has 0 aliphatic carbocycles. The molecule has 1 unspecified atom stereocenters. The predicted octanol–water partition coefficient (Wildman–Crippen LogP) is 0.700. The van der Waals surface area contributed by atoms with Gasteiger partial charge in [-0.1, -0.05) is 6.92 Å². The largest absolute Gasteiger partial charge is 0.340 e. The summed E-state index contributed by atoms with van der Waals surface area (Å²) in [6.07, 6.45) is 1.62. The molecule has 84 valence electrons. The minimum absolute atomic E-state index is 0.00954. The number of likely N-dealkylation sites (N-methyl/N-ethyl adjacent to an activating group) is 1. The number of carbonyl (C=O) groups is 1. The van der Waals surface area contributed by atoms with Crippen molar-refractivity contribution in [3.63, 3.8) is 0 Å². The number of nitrogens with zero attached hydrogens (tertiary/aromatic N) is 3. The van der Waals surface area contributed by atoms with Crippen LogP contribution in [-0.2, 0) is 4.79 Å². The summed E-state index contributed by atoms with van der Waals surface area (Å²) in [7, 11) is 2.07. The Kier molecular flexibility index (Phi) is 4.57. The van der Waals surface area contributed by atoms with Gasteiger partial charge in [-0.25, -0.2) is 0 Å². The molecule has 1 aliphatic heterocycles. The molecule has 0 bridgehead atoms. The van der Waals surface area contributed by atoms with Crippen LogP contribution in [0.4, 0.5) is 0 Å². The average molecular weight is 209 g/mol. The van der Waals surface area contributed by atoms with Gasteiger partial charge in [-0.05, 0) is 26.4 Å². The molecule has 0 aromatic carbocycles. The molecule has 15 heavy (non-hydrogen) atoms. The van der Waals surface area contributed by atoms with Gasteiger partial charge < -0.3 is 9.80 Å². The summed E-state index contributed by atoms with van der Waals surface area (Å²) in [5.41, 5.74) is 0. The lowest BCUT2D eigenvalue weighted by atomic mass is 10.1. The van der Waals surface area contributed by atoms with Crippen molar-refractivity contribution in [2.75, 3.05) is 33.2 Å². The Morgan fingerprint density at radius 1 is 1.40 bits per heavy atom. The SMILES string of the molecule is CCC(C#N)C(=O)N1CCCN(C)CC1. The number of rotatable bonds is 2. The van der Waals surface area contributed by atoms with E-state index >= 15 is 0 Å². The maximum absolute atomic E-state index is 11.9. The third kappa shape index (κ3) is 3.21. The maximum Gasteiger partial charge on any atom is 0.239 e. The van der Waals surface area contributed by atoms with Crippen LogP contribution in [-0.4, -0.2) is 48.9 Å². The fourth-order valence-electron chi connectivity index (χ4n) is 1.81. The number of nitriles is 1. The first-order valence-corrected chi connectivity index (χ1v) is 5.56. The fraction of sp³-hybridized carbons (Fsp3) is 0.818. The minimum Gasteiger partial charge on any atom is -0.340 e. The van der Waals surface area contributed by atoms with Crippen LogP contribution in [0.5, 0.6) is 0 Å². The smallest absolute Gasteiger partial charge is 0.239 e. The van der Waals surface area contributed by atoms with Gasteiger partial charge in [-0.3, -0.25) is 4.79 Å².